The molecule has 2 unspecified atom stereocenters. The number of benzene rings is 3. The van der Waals surface area contributed by atoms with Crippen LogP contribution in [0.5, 0.6) is 17.2 Å². The number of hydrogen-bond acceptors (Lipinski definition) is 6. The Morgan fingerprint density at radius 3 is 2.25 bits per heavy atom. The van der Waals surface area contributed by atoms with E-state index in [4.69, 9.17) is 14.2 Å². The number of methoxy groups -OCH3 is 2. The fourth-order valence-electron chi connectivity index (χ4n) is 5.07. The highest BCUT2D eigenvalue weighted by atomic mass is 16.5. The van der Waals surface area contributed by atoms with Gasteiger partial charge in [0.05, 0.1) is 37.7 Å². The number of carbonyl (C=O) groups excluding carboxylic acids is 1. The van der Waals surface area contributed by atoms with E-state index in [9.17, 15) is 4.79 Å². The second-order valence-electron chi connectivity index (χ2n) is 9.52. The summed E-state index contributed by atoms with van der Waals surface area (Å²) < 4.78 is 16.9. The first kappa shape index (κ1) is 23.8. The third-order valence-electron chi connectivity index (χ3n) is 6.78. The van der Waals surface area contributed by atoms with Crippen LogP contribution in [0.2, 0.25) is 0 Å². The van der Waals surface area contributed by atoms with Crippen LogP contribution in [0.25, 0.3) is 0 Å². The molecule has 6 nitrogen and oxygen atoms in total. The molecule has 0 aromatic heterocycles. The van der Waals surface area contributed by atoms with Gasteiger partial charge in [0.2, 0.25) is 0 Å². The smallest absolute Gasteiger partial charge is 0.163 e. The number of carbonyl (C=O) groups is 1. The molecule has 3 aromatic carbocycles. The summed E-state index contributed by atoms with van der Waals surface area (Å²) in [4.78, 5) is 13.8. The molecule has 2 aliphatic rings. The van der Waals surface area contributed by atoms with Crippen molar-refractivity contribution in [2.45, 2.75) is 44.8 Å². The first-order valence-electron chi connectivity index (χ1n) is 12.3. The van der Waals surface area contributed by atoms with Gasteiger partial charge in [-0.15, -0.1) is 0 Å². The number of allylic oxidation sites excluding steroid dienone is 1. The molecular weight excluding hydrogens is 452 g/mol. The summed E-state index contributed by atoms with van der Waals surface area (Å²) in [5, 5.41) is 7.23. The van der Waals surface area contributed by atoms with Gasteiger partial charge in [-0.3, -0.25) is 4.79 Å². The Morgan fingerprint density at radius 2 is 1.56 bits per heavy atom. The van der Waals surface area contributed by atoms with Gasteiger partial charge < -0.3 is 24.8 Å². The van der Waals surface area contributed by atoms with E-state index in [1.54, 1.807) is 14.2 Å². The van der Waals surface area contributed by atoms with E-state index < -0.39 is 0 Å². The minimum absolute atomic E-state index is 0.0287. The molecule has 0 radical (unpaired) electrons. The maximum absolute atomic E-state index is 13.8. The lowest BCUT2D eigenvalue weighted by Crippen LogP contribution is -2.27. The fourth-order valence-corrected chi connectivity index (χ4v) is 5.07. The van der Waals surface area contributed by atoms with Crippen molar-refractivity contribution in [2.24, 2.45) is 0 Å². The summed E-state index contributed by atoms with van der Waals surface area (Å²) in [5.74, 6) is 2.38. The highest BCUT2D eigenvalue weighted by molar-refractivity contribution is 6.01. The SMILES string of the molecule is COc1ccc(C2CC(=O)C3=C(C2)Nc2ccccc2NC3c2ccc(OC(C)C)c(OC)c2)cc1. The topological polar surface area (TPSA) is 68.8 Å². The highest BCUT2D eigenvalue weighted by Gasteiger charge is 2.36. The minimum atomic E-state index is -0.317. The molecule has 36 heavy (non-hydrogen) atoms. The van der Waals surface area contributed by atoms with Crippen molar-refractivity contribution in [2.75, 3.05) is 24.9 Å². The fraction of sp³-hybridized carbons (Fsp3) is 0.300. The lowest BCUT2D eigenvalue weighted by molar-refractivity contribution is -0.116. The monoisotopic (exact) mass is 484 g/mol. The molecule has 1 aliphatic heterocycles. The summed E-state index contributed by atoms with van der Waals surface area (Å²) in [7, 11) is 3.30. The number of para-hydroxylation sites is 2. The number of nitrogens with one attached hydrogen (secondary N) is 2. The molecule has 2 N–H and O–H groups in total. The summed E-state index contributed by atoms with van der Waals surface area (Å²) in [6.45, 7) is 3.97. The van der Waals surface area contributed by atoms with E-state index in [1.807, 2.05) is 68.4 Å². The van der Waals surface area contributed by atoms with Crippen molar-refractivity contribution in [1.82, 2.24) is 0 Å². The predicted octanol–water partition coefficient (Wildman–Crippen LogP) is 6.47. The second kappa shape index (κ2) is 9.97. The largest absolute Gasteiger partial charge is 0.497 e. The molecule has 0 spiro atoms. The van der Waals surface area contributed by atoms with Crippen LogP contribution in [0, 0.1) is 0 Å². The summed E-state index contributed by atoms with van der Waals surface area (Å²) in [6.07, 6.45) is 1.22. The Hall–Kier alpha value is -3.93. The van der Waals surface area contributed by atoms with Crippen LogP contribution in [-0.2, 0) is 4.79 Å². The molecule has 0 fully saturated rings. The van der Waals surface area contributed by atoms with Crippen LogP contribution in [0.1, 0.15) is 49.8 Å². The zero-order valence-electron chi connectivity index (χ0n) is 21.1. The average Bonchev–Trinajstić information content (AvgIpc) is 3.05. The van der Waals surface area contributed by atoms with E-state index in [2.05, 4.69) is 22.8 Å². The van der Waals surface area contributed by atoms with Crippen LogP contribution in [-0.4, -0.2) is 26.1 Å². The molecule has 3 aromatic rings. The molecule has 0 bridgehead atoms. The summed E-state index contributed by atoms with van der Waals surface area (Å²) >= 11 is 0. The maximum atomic E-state index is 13.8. The number of ether oxygens (including phenoxy) is 3. The zero-order chi connectivity index (χ0) is 25.2. The second-order valence-corrected chi connectivity index (χ2v) is 9.52. The standard InChI is InChI=1S/C30H32N2O4/c1-18(2)36-27-14-11-20(17-28(27)35-4)30-29-25(31-23-7-5-6-8-24(23)32-30)15-21(16-26(29)33)19-9-12-22(34-3)13-10-19/h5-14,17-18,21,30-32H,15-16H2,1-4H3. The Morgan fingerprint density at radius 1 is 0.833 bits per heavy atom. The van der Waals surface area contributed by atoms with Crippen LogP contribution >= 0.6 is 0 Å². The molecule has 2 atom stereocenters. The Labute approximate surface area is 212 Å². The molecule has 186 valence electrons. The van der Waals surface area contributed by atoms with Crippen molar-refractivity contribution < 1.29 is 19.0 Å². The van der Waals surface area contributed by atoms with Gasteiger partial charge in [0.15, 0.2) is 17.3 Å². The van der Waals surface area contributed by atoms with Crippen LogP contribution in [0.15, 0.2) is 78.0 Å². The van der Waals surface area contributed by atoms with E-state index in [1.165, 1.54) is 0 Å². The predicted molar refractivity (Wildman–Crippen MR) is 142 cm³/mol. The van der Waals surface area contributed by atoms with Gasteiger partial charge in [-0.1, -0.05) is 30.3 Å². The van der Waals surface area contributed by atoms with Gasteiger partial charge in [0.25, 0.3) is 0 Å². The number of anilines is 2. The summed E-state index contributed by atoms with van der Waals surface area (Å²) in [6, 6.07) is 21.7. The molecule has 1 heterocycles. The highest BCUT2D eigenvalue weighted by Crippen LogP contribution is 2.45. The van der Waals surface area contributed by atoms with E-state index in [-0.39, 0.29) is 23.8 Å². The van der Waals surface area contributed by atoms with Crippen molar-refractivity contribution in [3.63, 3.8) is 0 Å². The van der Waals surface area contributed by atoms with Crippen LogP contribution in [0.4, 0.5) is 11.4 Å². The van der Waals surface area contributed by atoms with E-state index in [0.717, 1.165) is 45.9 Å². The number of hydrogen-bond donors (Lipinski definition) is 2. The quantitative estimate of drug-likeness (QED) is 0.418. The molecule has 0 saturated carbocycles. The molecular formula is C30H32N2O4. The molecule has 0 amide bonds. The third-order valence-corrected chi connectivity index (χ3v) is 6.78. The Bertz CT molecular complexity index is 1300. The average molecular weight is 485 g/mol. The van der Waals surface area contributed by atoms with Crippen molar-refractivity contribution >= 4 is 17.2 Å². The molecule has 1 aliphatic carbocycles. The molecule has 5 rings (SSSR count). The lowest BCUT2D eigenvalue weighted by Gasteiger charge is -2.30. The number of Topliss-reactive ketones (excluding diaryl/α,β-unsaturated/α-hetero) is 1. The maximum Gasteiger partial charge on any atom is 0.163 e. The van der Waals surface area contributed by atoms with Gasteiger partial charge in [-0.05, 0) is 73.7 Å². The van der Waals surface area contributed by atoms with Gasteiger partial charge in [-0.2, -0.15) is 0 Å². The van der Waals surface area contributed by atoms with Crippen molar-refractivity contribution in [3.05, 3.63) is 89.1 Å². The Kier molecular flexibility index (Phi) is 6.59. The van der Waals surface area contributed by atoms with E-state index >= 15 is 0 Å². The number of fused-ring (bicyclic) bond motifs is 1. The van der Waals surface area contributed by atoms with Gasteiger partial charge >= 0.3 is 0 Å². The first-order chi connectivity index (χ1) is 17.5. The van der Waals surface area contributed by atoms with E-state index in [0.29, 0.717) is 17.9 Å². The number of ketones is 1. The molecule has 6 heteroatoms. The first-order valence-corrected chi connectivity index (χ1v) is 12.3. The van der Waals surface area contributed by atoms with Gasteiger partial charge in [-0.25, -0.2) is 0 Å². The molecule has 0 saturated heterocycles. The van der Waals surface area contributed by atoms with Gasteiger partial charge in [0, 0.05) is 17.7 Å². The Balaban J connectivity index is 1.57. The third kappa shape index (κ3) is 4.63. The normalized spacial score (nSPS) is 19.0. The zero-order valence-corrected chi connectivity index (χ0v) is 21.1. The minimum Gasteiger partial charge on any atom is -0.497 e. The van der Waals surface area contributed by atoms with Crippen LogP contribution < -0.4 is 24.8 Å². The van der Waals surface area contributed by atoms with Crippen molar-refractivity contribution in [1.29, 1.82) is 0 Å². The van der Waals surface area contributed by atoms with Gasteiger partial charge in [0.1, 0.15) is 5.75 Å². The number of rotatable bonds is 6. The lowest BCUT2D eigenvalue weighted by atomic mass is 9.78. The van der Waals surface area contributed by atoms with Crippen LogP contribution in [0.3, 0.4) is 0 Å². The van der Waals surface area contributed by atoms with Crippen molar-refractivity contribution in [3.8, 4) is 17.2 Å². The summed E-state index contributed by atoms with van der Waals surface area (Å²) in [5.41, 5.74) is 5.72.